The van der Waals surface area contributed by atoms with Crippen molar-refractivity contribution in [1.29, 1.82) is 0 Å². The second-order valence-corrected chi connectivity index (χ2v) is 6.10. The van der Waals surface area contributed by atoms with Crippen LogP contribution >= 0.6 is 0 Å². The molecule has 1 fully saturated rings. The molecular formula is C15H18N4O10. The van der Waals surface area contributed by atoms with E-state index in [0.29, 0.717) is 0 Å². The van der Waals surface area contributed by atoms with E-state index in [0.717, 1.165) is 24.1 Å². The van der Waals surface area contributed by atoms with Crippen LogP contribution in [0.2, 0.25) is 0 Å². The third-order valence-corrected chi connectivity index (χ3v) is 4.27. The van der Waals surface area contributed by atoms with E-state index in [2.05, 4.69) is 4.98 Å². The Morgan fingerprint density at radius 2 is 1.90 bits per heavy atom. The molecule has 14 heteroatoms. The van der Waals surface area contributed by atoms with Gasteiger partial charge in [0.1, 0.15) is 23.9 Å². The van der Waals surface area contributed by atoms with Crippen LogP contribution in [0.1, 0.15) is 18.1 Å². The highest BCUT2D eigenvalue weighted by Crippen LogP contribution is 2.28. The Hall–Kier alpha value is -3.04. The van der Waals surface area contributed by atoms with Crippen molar-refractivity contribution in [2.24, 2.45) is 0 Å². The zero-order valence-electron chi connectivity index (χ0n) is 14.9. The van der Waals surface area contributed by atoms with E-state index >= 15 is 0 Å². The van der Waals surface area contributed by atoms with Gasteiger partial charge in [-0.05, 0) is 0 Å². The summed E-state index contributed by atoms with van der Waals surface area (Å²) in [7, 11) is 1.16. The highest BCUT2D eigenvalue weighted by Gasteiger charge is 2.44. The summed E-state index contributed by atoms with van der Waals surface area (Å²) in [5.74, 6) is -0.374. The highest BCUT2D eigenvalue weighted by molar-refractivity contribution is 5.15. The van der Waals surface area contributed by atoms with E-state index in [1.54, 1.807) is 0 Å². The molecule has 5 atom stereocenters. The van der Waals surface area contributed by atoms with Gasteiger partial charge in [0, 0.05) is 13.3 Å². The summed E-state index contributed by atoms with van der Waals surface area (Å²) in [5.41, 5.74) is -3.82. The quantitative estimate of drug-likeness (QED) is 0.254. The minimum absolute atomic E-state index is 0.282. The summed E-state index contributed by atoms with van der Waals surface area (Å²) in [6.45, 7) is -0.613. The molecule has 1 saturated heterocycles. The number of hydrogen-bond acceptors (Lipinski definition) is 10. The number of nitrogens with zero attached hydrogens (tertiary/aromatic N) is 1. The fourth-order valence-electron chi connectivity index (χ4n) is 2.81. The number of aromatic amines is 3. The molecule has 3 heterocycles. The van der Waals surface area contributed by atoms with Gasteiger partial charge in [0.05, 0.1) is 12.8 Å². The topological polar surface area (TPSA) is 209 Å². The number of nitrogens with one attached hydrogen (secondary N) is 3. The lowest BCUT2D eigenvalue weighted by Crippen LogP contribution is -2.40. The van der Waals surface area contributed by atoms with Crippen molar-refractivity contribution in [2.75, 3.05) is 13.7 Å². The Bertz CT molecular complexity index is 1100. The molecule has 1 aliphatic heterocycles. The number of aliphatic hydroxyl groups is 3. The lowest BCUT2D eigenvalue weighted by Gasteiger charge is -2.20. The molecule has 158 valence electrons. The van der Waals surface area contributed by atoms with Crippen molar-refractivity contribution < 1.29 is 29.5 Å². The number of aliphatic hydroxyl groups excluding tert-OH is 3. The molecule has 1 unspecified atom stereocenters. The van der Waals surface area contributed by atoms with E-state index in [-0.39, 0.29) is 11.3 Å². The van der Waals surface area contributed by atoms with Gasteiger partial charge in [-0.15, -0.1) is 0 Å². The van der Waals surface area contributed by atoms with E-state index < -0.39 is 59.9 Å². The average Bonchev–Trinajstić information content (AvgIpc) is 2.96. The van der Waals surface area contributed by atoms with E-state index in [1.165, 1.54) is 0 Å². The standard InChI is InChI=1S/C15H18N4O10/c1-27-13(29-6-2-16-14(25)17-11(6)24)5-3-19(15(26)18-10(5)23)12-9(22)8(21)7(4-20)28-12/h2-3,7-9,12-13,20-22H,4H2,1H3,(H,18,23,26)(H2,16,17,24,25)/t7-,8-,9-,12-,13?/m1/s1. The van der Waals surface area contributed by atoms with Crippen LogP contribution in [0.3, 0.4) is 0 Å². The normalized spacial score (nSPS) is 25.1. The highest BCUT2D eigenvalue weighted by atomic mass is 16.7. The maximum Gasteiger partial charge on any atom is 0.330 e. The molecule has 0 bridgehead atoms. The third kappa shape index (κ3) is 3.92. The maximum atomic E-state index is 12.2. The fraction of sp³-hybridized carbons (Fsp3) is 0.467. The van der Waals surface area contributed by atoms with Crippen molar-refractivity contribution in [1.82, 2.24) is 19.5 Å². The van der Waals surface area contributed by atoms with Gasteiger partial charge < -0.3 is 34.5 Å². The minimum atomic E-state index is -1.58. The summed E-state index contributed by atoms with van der Waals surface area (Å²) >= 11 is 0. The number of ether oxygens (including phenoxy) is 3. The molecular weight excluding hydrogens is 396 g/mol. The second kappa shape index (κ2) is 8.14. The van der Waals surface area contributed by atoms with E-state index in [1.807, 2.05) is 9.97 Å². The van der Waals surface area contributed by atoms with Gasteiger partial charge in [-0.3, -0.25) is 24.1 Å². The summed E-state index contributed by atoms with van der Waals surface area (Å²) < 4.78 is 16.4. The van der Waals surface area contributed by atoms with Gasteiger partial charge in [0.15, 0.2) is 6.23 Å². The van der Waals surface area contributed by atoms with E-state index in [4.69, 9.17) is 14.2 Å². The number of hydrogen-bond donors (Lipinski definition) is 6. The molecule has 1 aliphatic rings. The largest absolute Gasteiger partial charge is 0.453 e. The fourth-order valence-corrected chi connectivity index (χ4v) is 2.81. The molecule has 0 radical (unpaired) electrons. The lowest BCUT2D eigenvalue weighted by molar-refractivity contribution is -0.0650. The predicted octanol–water partition coefficient (Wildman–Crippen LogP) is -3.75. The molecule has 6 N–H and O–H groups in total. The number of H-pyrrole nitrogens is 3. The van der Waals surface area contributed by atoms with Crippen LogP contribution < -0.4 is 27.2 Å². The number of methoxy groups -OCH3 is 1. The first kappa shape index (κ1) is 20.7. The summed E-state index contributed by atoms with van der Waals surface area (Å²) in [6, 6.07) is 0. The zero-order chi connectivity index (χ0) is 21.3. The Labute approximate surface area is 159 Å². The van der Waals surface area contributed by atoms with Crippen LogP contribution in [0, 0.1) is 0 Å². The van der Waals surface area contributed by atoms with Crippen LogP contribution in [-0.4, -0.2) is 66.9 Å². The molecule has 14 nitrogen and oxygen atoms in total. The molecule has 29 heavy (non-hydrogen) atoms. The molecule has 0 amide bonds. The first-order chi connectivity index (χ1) is 13.8. The molecule has 2 aromatic heterocycles. The van der Waals surface area contributed by atoms with E-state index in [9.17, 15) is 34.5 Å². The van der Waals surface area contributed by atoms with Crippen molar-refractivity contribution >= 4 is 0 Å². The molecule has 0 aliphatic carbocycles. The molecule has 0 saturated carbocycles. The minimum Gasteiger partial charge on any atom is -0.453 e. The Balaban J connectivity index is 2.00. The maximum absolute atomic E-state index is 12.2. The predicted molar refractivity (Wildman–Crippen MR) is 92.4 cm³/mol. The van der Waals surface area contributed by atoms with Gasteiger partial charge in [-0.25, -0.2) is 9.59 Å². The Kier molecular flexibility index (Phi) is 5.81. The number of aromatic nitrogens is 4. The lowest BCUT2D eigenvalue weighted by atomic mass is 10.1. The van der Waals surface area contributed by atoms with Gasteiger partial charge in [-0.1, -0.05) is 0 Å². The SMILES string of the molecule is COC(Oc1c[nH]c(=O)[nH]c1=O)c1cn([C@@H]2O[C@H](CO)[C@@H](O)[C@H]2O)c(=O)[nH]c1=O. The van der Waals surface area contributed by atoms with Crippen molar-refractivity contribution in [3.63, 3.8) is 0 Å². The van der Waals surface area contributed by atoms with Gasteiger partial charge >= 0.3 is 11.4 Å². The summed E-state index contributed by atoms with van der Waals surface area (Å²) in [5, 5.41) is 29.2. The first-order valence-corrected chi connectivity index (χ1v) is 8.26. The van der Waals surface area contributed by atoms with Crippen molar-refractivity contribution in [3.8, 4) is 5.75 Å². The van der Waals surface area contributed by atoms with Gasteiger partial charge in [0.2, 0.25) is 12.0 Å². The molecule has 3 rings (SSSR count). The third-order valence-electron chi connectivity index (χ3n) is 4.27. The molecule has 0 aromatic carbocycles. The van der Waals surface area contributed by atoms with Crippen LogP contribution in [0.4, 0.5) is 0 Å². The molecule has 2 aromatic rings. The average molecular weight is 414 g/mol. The van der Waals surface area contributed by atoms with Crippen molar-refractivity contribution in [3.05, 3.63) is 59.6 Å². The van der Waals surface area contributed by atoms with Gasteiger partial charge in [-0.2, -0.15) is 0 Å². The van der Waals surface area contributed by atoms with Crippen LogP contribution in [0.25, 0.3) is 0 Å². The zero-order valence-corrected chi connectivity index (χ0v) is 14.9. The first-order valence-electron chi connectivity index (χ1n) is 8.26. The summed E-state index contributed by atoms with van der Waals surface area (Å²) in [6.07, 6.45) is -5.17. The van der Waals surface area contributed by atoms with Crippen molar-refractivity contribution in [2.45, 2.75) is 30.8 Å². The van der Waals surface area contributed by atoms with Crippen LogP contribution in [0.5, 0.6) is 5.75 Å². The second-order valence-electron chi connectivity index (χ2n) is 6.10. The number of rotatable bonds is 6. The van der Waals surface area contributed by atoms with Crippen LogP contribution in [-0.2, 0) is 9.47 Å². The summed E-state index contributed by atoms with van der Waals surface area (Å²) in [4.78, 5) is 53.4. The molecule has 0 spiro atoms. The Morgan fingerprint density at radius 1 is 1.17 bits per heavy atom. The Morgan fingerprint density at radius 3 is 2.48 bits per heavy atom. The van der Waals surface area contributed by atoms with Crippen LogP contribution in [0.15, 0.2) is 31.6 Å². The smallest absolute Gasteiger partial charge is 0.330 e. The monoisotopic (exact) mass is 414 g/mol. The van der Waals surface area contributed by atoms with Gasteiger partial charge in [0.25, 0.3) is 11.1 Å².